The van der Waals surface area contributed by atoms with Gasteiger partial charge in [0.25, 0.3) is 11.6 Å². The maximum Gasteiger partial charge on any atom is 0.378 e. The van der Waals surface area contributed by atoms with E-state index in [9.17, 15) is 4.79 Å². The second kappa shape index (κ2) is 8.33. The third kappa shape index (κ3) is 3.96. The number of halogens is 1. The van der Waals surface area contributed by atoms with E-state index in [0.717, 1.165) is 32.6 Å². The van der Waals surface area contributed by atoms with E-state index in [1.807, 2.05) is 62.4 Å². The van der Waals surface area contributed by atoms with Crippen LogP contribution in [0.3, 0.4) is 0 Å². The van der Waals surface area contributed by atoms with E-state index >= 15 is 0 Å². The predicted molar refractivity (Wildman–Crippen MR) is 118 cm³/mol. The molecule has 4 aromatic rings. The van der Waals surface area contributed by atoms with Gasteiger partial charge in [0.1, 0.15) is 12.4 Å². The number of fused-ring (bicyclic) bond motifs is 2. The average Bonchev–Trinajstić information content (AvgIpc) is 3.22. The number of carbonyl (C=O) groups is 1. The van der Waals surface area contributed by atoms with E-state index in [1.54, 1.807) is 0 Å². The predicted octanol–water partition coefficient (Wildman–Crippen LogP) is 4.47. The zero-order valence-electron chi connectivity index (χ0n) is 17.4. The van der Waals surface area contributed by atoms with Crippen molar-refractivity contribution in [1.82, 2.24) is 19.6 Å². The summed E-state index contributed by atoms with van der Waals surface area (Å²) in [5, 5.41) is 4.23. The van der Waals surface area contributed by atoms with Crippen molar-refractivity contribution in [2.45, 2.75) is 33.4 Å². The number of ether oxygens (including phenoxy) is 3. The number of benzene rings is 2. The molecule has 9 heteroatoms. The fourth-order valence-corrected chi connectivity index (χ4v) is 4.17. The highest BCUT2D eigenvalue weighted by molar-refractivity contribution is 9.10. The number of nitrogens with zero attached hydrogens (tertiary/aromatic N) is 4. The zero-order chi connectivity index (χ0) is 22.2. The van der Waals surface area contributed by atoms with Crippen LogP contribution in [0.2, 0.25) is 0 Å². The van der Waals surface area contributed by atoms with Crippen molar-refractivity contribution >= 4 is 27.7 Å². The monoisotopic (exact) mass is 494 g/mol. The summed E-state index contributed by atoms with van der Waals surface area (Å²) < 4.78 is 19.9. The molecule has 0 bridgehead atoms. The van der Waals surface area contributed by atoms with Gasteiger partial charge in [-0.2, -0.15) is 4.98 Å². The molecule has 0 aliphatic carbocycles. The second-order valence-corrected chi connectivity index (χ2v) is 8.40. The molecule has 0 radical (unpaired) electrons. The molecule has 0 saturated carbocycles. The Kier molecular flexibility index (Phi) is 5.36. The van der Waals surface area contributed by atoms with Gasteiger partial charge in [-0.05, 0) is 32.0 Å². The first-order valence-corrected chi connectivity index (χ1v) is 10.8. The summed E-state index contributed by atoms with van der Waals surface area (Å²) in [7, 11) is 0. The van der Waals surface area contributed by atoms with Crippen LogP contribution in [0, 0.1) is 13.8 Å². The molecule has 0 amide bonds. The first-order chi connectivity index (χ1) is 15.5. The highest BCUT2D eigenvalue weighted by Gasteiger charge is 2.26. The maximum absolute atomic E-state index is 12.7. The minimum absolute atomic E-state index is 0.00308. The SMILES string of the molecule is Cc1cc(C)n2nc(C(=O)OCc3cc(Br)cc4c3O[C@H](c3ccccc3)OC4)nc2n1. The van der Waals surface area contributed by atoms with Gasteiger partial charge in [-0.15, -0.1) is 5.10 Å². The van der Waals surface area contributed by atoms with Crippen LogP contribution in [0.1, 0.15) is 45.0 Å². The number of aryl methyl sites for hydroxylation is 2. The summed E-state index contributed by atoms with van der Waals surface area (Å²) >= 11 is 3.50. The smallest absolute Gasteiger partial charge is 0.378 e. The number of esters is 1. The fourth-order valence-electron chi connectivity index (χ4n) is 3.62. The lowest BCUT2D eigenvalue weighted by molar-refractivity contribution is -0.112. The highest BCUT2D eigenvalue weighted by atomic mass is 79.9. The third-order valence-corrected chi connectivity index (χ3v) is 5.51. The fraction of sp³-hybridized carbons (Fsp3) is 0.217. The maximum atomic E-state index is 12.7. The summed E-state index contributed by atoms with van der Waals surface area (Å²) in [6, 6.07) is 15.4. The highest BCUT2D eigenvalue weighted by Crippen LogP contribution is 2.38. The van der Waals surface area contributed by atoms with Crippen LogP contribution in [-0.4, -0.2) is 25.6 Å². The van der Waals surface area contributed by atoms with Crippen molar-refractivity contribution in [2.24, 2.45) is 0 Å². The minimum atomic E-state index is -0.632. The molecule has 1 aliphatic heterocycles. The van der Waals surface area contributed by atoms with Gasteiger partial charge in [-0.25, -0.2) is 14.3 Å². The molecule has 2 aromatic carbocycles. The number of rotatable bonds is 4. The van der Waals surface area contributed by atoms with Gasteiger partial charge in [0.05, 0.1) is 6.61 Å². The molecular formula is C23H19BrN4O4. The van der Waals surface area contributed by atoms with Crippen molar-refractivity contribution in [3.63, 3.8) is 0 Å². The van der Waals surface area contributed by atoms with Crippen LogP contribution in [0.15, 0.2) is 53.0 Å². The van der Waals surface area contributed by atoms with Gasteiger partial charge in [-0.3, -0.25) is 0 Å². The van der Waals surface area contributed by atoms with Crippen molar-refractivity contribution in [3.8, 4) is 5.75 Å². The Morgan fingerprint density at radius 1 is 1.19 bits per heavy atom. The topological polar surface area (TPSA) is 87.8 Å². The number of aromatic nitrogens is 4. The molecule has 32 heavy (non-hydrogen) atoms. The van der Waals surface area contributed by atoms with Crippen LogP contribution in [0.25, 0.3) is 5.78 Å². The van der Waals surface area contributed by atoms with Crippen LogP contribution in [0.4, 0.5) is 0 Å². The first-order valence-electron chi connectivity index (χ1n) is 10.0. The Balaban J connectivity index is 1.38. The van der Waals surface area contributed by atoms with Crippen molar-refractivity contribution < 1.29 is 19.0 Å². The molecule has 1 atom stereocenters. The molecule has 3 heterocycles. The summed E-state index contributed by atoms with van der Waals surface area (Å²) in [5.41, 5.74) is 4.14. The van der Waals surface area contributed by atoms with Gasteiger partial charge in [-0.1, -0.05) is 46.3 Å². The lowest BCUT2D eigenvalue weighted by atomic mass is 10.1. The van der Waals surface area contributed by atoms with E-state index in [0.29, 0.717) is 18.1 Å². The Labute approximate surface area is 192 Å². The van der Waals surface area contributed by atoms with Gasteiger partial charge in [0.15, 0.2) is 0 Å². The van der Waals surface area contributed by atoms with Gasteiger partial charge in [0.2, 0.25) is 6.29 Å². The standard InChI is InChI=1S/C23H19BrN4O4/c1-13-8-14(2)28-23(25-13)26-20(27-28)21(29)30-11-16-9-18(24)10-17-12-31-22(32-19(16)17)15-6-4-3-5-7-15/h3-10,22H,11-12H2,1-2H3/t22-/m1/s1. The van der Waals surface area contributed by atoms with E-state index in [2.05, 4.69) is 31.0 Å². The van der Waals surface area contributed by atoms with E-state index in [4.69, 9.17) is 14.2 Å². The van der Waals surface area contributed by atoms with Crippen LogP contribution < -0.4 is 4.74 Å². The Hall–Kier alpha value is -3.30. The molecule has 8 nitrogen and oxygen atoms in total. The molecule has 5 rings (SSSR count). The number of carbonyl (C=O) groups excluding carboxylic acids is 1. The zero-order valence-corrected chi connectivity index (χ0v) is 19.0. The Morgan fingerprint density at radius 2 is 2.00 bits per heavy atom. The summed E-state index contributed by atoms with van der Waals surface area (Å²) in [4.78, 5) is 21.2. The number of hydrogen-bond acceptors (Lipinski definition) is 7. The average molecular weight is 495 g/mol. The minimum Gasteiger partial charge on any atom is -0.460 e. The molecule has 2 aromatic heterocycles. The third-order valence-electron chi connectivity index (χ3n) is 5.05. The van der Waals surface area contributed by atoms with Crippen LogP contribution >= 0.6 is 15.9 Å². The lowest BCUT2D eigenvalue weighted by Gasteiger charge is -2.28. The molecular weight excluding hydrogens is 476 g/mol. The van der Waals surface area contributed by atoms with Crippen molar-refractivity contribution in [1.29, 1.82) is 0 Å². The summed E-state index contributed by atoms with van der Waals surface area (Å²) in [6.45, 7) is 4.13. The van der Waals surface area contributed by atoms with Crippen molar-refractivity contribution in [3.05, 3.63) is 86.9 Å². The normalized spacial score (nSPS) is 15.3. The molecule has 0 spiro atoms. The van der Waals surface area contributed by atoms with Crippen LogP contribution in [-0.2, 0) is 22.7 Å². The molecule has 0 saturated heterocycles. The quantitative estimate of drug-likeness (QED) is 0.386. The second-order valence-electron chi connectivity index (χ2n) is 7.49. The summed E-state index contributed by atoms with van der Waals surface area (Å²) in [6.07, 6.45) is -0.531. The van der Waals surface area contributed by atoms with Gasteiger partial charge in [0, 0.05) is 32.6 Å². The molecule has 1 aliphatic rings. The largest absolute Gasteiger partial charge is 0.460 e. The first kappa shape index (κ1) is 20.6. The van der Waals surface area contributed by atoms with Gasteiger partial charge >= 0.3 is 5.97 Å². The van der Waals surface area contributed by atoms with Gasteiger partial charge < -0.3 is 14.2 Å². The lowest BCUT2D eigenvalue weighted by Crippen LogP contribution is -2.19. The number of hydrogen-bond donors (Lipinski definition) is 0. The van der Waals surface area contributed by atoms with E-state index < -0.39 is 12.3 Å². The van der Waals surface area contributed by atoms with Crippen molar-refractivity contribution in [2.75, 3.05) is 0 Å². The molecule has 0 fully saturated rings. The summed E-state index contributed by atoms with van der Waals surface area (Å²) in [5.74, 6) is 0.340. The molecule has 0 N–H and O–H groups in total. The van der Waals surface area contributed by atoms with E-state index in [-0.39, 0.29) is 12.4 Å². The van der Waals surface area contributed by atoms with Crippen LogP contribution in [0.5, 0.6) is 5.75 Å². The Bertz CT molecular complexity index is 1320. The Morgan fingerprint density at radius 3 is 2.81 bits per heavy atom. The molecule has 0 unspecified atom stereocenters. The molecule has 162 valence electrons. The van der Waals surface area contributed by atoms with E-state index in [1.165, 1.54) is 4.52 Å².